The smallest absolute Gasteiger partial charge is 0.274 e. The van der Waals surface area contributed by atoms with Gasteiger partial charge in [0, 0.05) is 26.1 Å². The maximum absolute atomic E-state index is 12.4. The van der Waals surface area contributed by atoms with Gasteiger partial charge >= 0.3 is 0 Å². The molecule has 0 spiro atoms. The standard InChI is InChI=1S/C17H23N3O3/c1-17(22)13-15(14-5-3-2-4-6-14)18-20(16(17)21)8-7-19-9-11-23-12-10-19/h2-6,22H,7-13H2,1H3. The molecule has 1 unspecified atom stereocenters. The normalized spacial score (nSPS) is 26.3. The highest BCUT2D eigenvalue weighted by Crippen LogP contribution is 2.23. The average Bonchev–Trinajstić information content (AvgIpc) is 2.58. The molecule has 1 amide bonds. The Kier molecular flexibility index (Phi) is 4.75. The number of rotatable bonds is 4. The first-order chi connectivity index (χ1) is 11.1. The topological polar surface area (TPSA) is 65.4 Å². The van der Waals surface area contributed by atoms with Crippen molar-refractivity contribution in [3.05, 3.63) is 35.9 Å². The van der Waals surface area contributed by atoms with Gasteiger partial charge in [-0.1, -0.05) is 30.3 Å². The fourth-order valence-corrected chi connectivity index (χ4v) is 2.91. The number of benzene rings is 1. The number of carbonyl (C=O) groups excluding carboxylic acids is 1. The summed E-state index contributed by atoms with van der Waals surface area (Å²) in [6, 6.07) is 9.70. The molecule has 1 aromatic rings. The highest BCUT2D eigenvalue weighted by atomic mass is 16.5. The molecule has 6 heteroatoms. The fourth-order valence-electron chi connectivity index (χ4n) is 2.91. The minimum absolute atomic E-state index is 0.240. The van der Waals surface area contributed by atoms with Crippen LogP contribution in [-0.2, 0) is 9.53 Å². The van der Waals surface area contributed by atoms with E-state index in [4.69, 9.17) is 4.74 Å². The molecule has 0 aromatic heterocycles. The zero-order valence-electron chi connectivity index (χ0n) is 13.4. The van der Waals surface area contributed by atoms with Crippen LogP contribution < -0.4 is 0 Å². The summed E-state index contributed by atoms with van der Waals surface area (Å²) in [5.74, 6) is -0.328. The van der Waals surface area contributed by atoms with Gasteiger partial charge in [-0.25, -0.2) is 5.01 Å². The van der Waals surface area contributed by atoms with Gasteiger partial charge in [-0.3, -0.25) is 9.69 Å². The van der Waals surface area contributed by atoms with E-state index in [9.17, 15) is 9.90 Å². The Morgan fingerprint density at radius 3 is 2.61 bits per heavy atom. The van der Waals surface area contributed by atoms with E-state index in [2.05, 4.69) is 10.0 Å². The molecule has 2 aliphatic heterocycles. The van der Waals surface area contributed by atoms with Gasteiger partial charge in [0.15, 0.2) is 0 Å². The summed E-state index contributed by atoms with van der Waals surface area (Å²) >= 11 is 0. The van der Waals surface area contributed by atoms with Crippen LogP contribution in [0, 0.1) is 0 Å². The van der Waals surface area contributed by atoms with Crippen LogP contribution in [0.4, 0.5) is 0 Å². The van der Waals surface area contributed by atoms with Gasteiger partial charge in [-0.05, 0) is 12.5 Å². The molecule has 2 aliphatic rings. The van der Waals surface area contributed by atoms with E-state index in [1.54, 1.807) is 6.92 Å². The minimum Gasteiger partial charge on any atom is -0.380 e. The van der Waals surface area contributed by atoms with Gasteiger partial charge in [0.2, 0.25) is 0 Å². The second-order valence-corrected chi connectivity index (χ2v) is 6.25. The summed E-state index contributed by atoms with van der Waals surface area (Å²) in [4.78, 5) is 14.7. The quantitative estimate of drug-likeness (QED) is 0.888. The van der Waals surface area contributed by atoms with Gasteiger partial charge in [-0.15, -0.1) is 0 Å². The van der Waals surface area contributed by atoms with Gasteiger partial charge in [0.1, 0.15) is 5.60 Å². The number of hydrogen-bond donors (Lipinski definition) is 1. The van der Waals surface area contributed by atoms with Crippen molar-refractivity contribution in [3.63, 3.8) is 0 Å². The van der Waals surface area contributed by atoms with Gasteiger partial charge in [-0.2, -0.15) is 5.10 Å². The summed E-state index contributed by atoms with van der Waals surface area (Å²) < 4.78 is 5.33. The summed E-state index contributed by atoms with van der Waals surface area (Å²) in [5, 5.41) is 16.4. The SMILES string of the molecule is CC1(O)CC(c2ccccc2)=NN(CCN2CCOCC2)C1=O. The Morgan fingerprint density at radius 2 is 1.91 bits per heavy atom. The number of hydrazone groups is 1. The Bertz CT molecular complexity index is 580. The first kappa shape index (κ1) is 16.1. The van der Waals surface area contributed by atoms with E-state index >= 15 is 0 Å². The predicted molar refractivity (Wildman–Crippen MR) is 87.2 cm³/mol. The fraction of sp³-hybridized carbons (Fsp3) is 0.529. The van der Waals surface area contributed by atoms with E-state index in [1.807, 2.05) is 30.3 Å². The third-order valence-electron chi connectivity index (χ3n) is 4.29. The van der Waals surface area contributed by atoms with Crippen LogP contribution in [0.5, 0.6) is 0 Å². The molecule has 1 aromatic carbocycles. The Labute approximate surface area is 136 Å². The lowest BCUT2D eigenvalue weighted by Gasteiger charge is -2.35. The van der Waals surface area contributed by atoms with Crippen LogP contribution in [0.3, 0.4) is 0 Å². The van der Waals surface area contributed by atoms with Crippen LogP contribution in [0.1, 0.15) is 18.9 Å². The Morgan fingerprint density at radius 1 is 1.22 bits per heavy atom. The van der Waals surface area contributed by atoms with Crippen molar-refractivity contribution in [2.45, 2.75) is 18.9 Å². The summed E-state index contributed by atoms with van der Waals surface area (Å²) in [6.07, 6.45) is 0.240. The van der Waals surface area contributed by atoms with E-state index < -0.39 is 5.60 Å². The van der Waals surface area contributed by atoms with Crippen molar-refractivity contribution in [2.24, 2.45) is 5.10 Å². The van der Waals surface area contributed by atoms with Crippen molar-refractivity contribution in [1.82, 2.24) is 9.91 Å². The molecule has 3 rings (SSSR count). The molecule has 0 aliphatic carbocycles. The van der Waals surface area contributed by atoms with Gasteiger partial charge < -0.3 is 9.84 Å². The highest BCUT2D eigenvalue weighted by Gasteiger charge is 2.40. The predicted octanol–water partition coefficient (Wildman–Crippen LogP) is 0.706. The lowest BCUT2D eigenvalue weighted by atomic mass is 9.92. The van der Waals surface area contributed by atoms with Crippen LogP contribution in [-0.4, -0.2) is 71.6 Å². The molecule has 2 heterocycles. The molecule has 1 atom stereocenters. The number of nitrogens with zero attached hydrogens (tertiary/aromatic N) is 3. The van der Waals surface area contributed by atoms with Crippen molar-refractivity contribution < 1.29 is 14.6 Å². The maximum atomic E-state index is 12.4. The minimum atomic E-state index is -1.40. The van der Waals surface area contributed by atoms with E-state index in [0.29, 0.717) is 6.54 Å². The first-order valence-corrected chi connectivity index (χ1v) is 8.03. The van der Waals surface area contributed by atoms with Crippen molar-refractivity contribution in [2.75, 3.05) is 39.4 Å². The number of amides is 1. The molecule has 23 heavy (non-hydrogen) atoms. The van der Waals surface area contributed by atoms with Crippen molar-refractivity contribution in [3.8, 4) is 0 Å². The number of hydrogen-bond acceptors (Lipinski definition) is 5. The van der Waals surface area contributed by atoms with E-state index in [-0.39, 0.29) is 12.3 Å². The second kappa shape index (κ2) is 6.78. The molecule has 0 saturated carbocycles. The third kappa shape index (κ3) is 3.77. The van der Waals surface area contributed by atoms with Crippen molar-refractivity contribution in [1.29, 1.82) is 0 Å². The number of ether oxygens (including phenoxy) is 1. The summed E-state index contributed by atoms with van der Waals surface area (Å²) in [6.45, 7) is 5.96. The van der Waals surface area contributed by atoms with Crippen molar-refractivity contribution >= 4 is 11.6 Å². The highest BCUT2D eigenvalue weighted by molar-refractivity contribution is 6.06. The van der Waals surface area contributed by atoms with Crippen LogP contribution >= 0.6 is 0 Å². The lowest BCUT2D eigenvalue weighted by molar-refractivity contribution is -0.150. The second-order valence-electron chi connectivity index (χ2n) is 6.25. The molecule has 0 bridgehead atoms. The van der Waals surface area contributed by atoms with Gasteiger partial charge in [0.05, 0.1) is 25.5 Å². The van der Waals surface area contributed by atoms with Crippen LogP contribution in [0.25, 0.3) is 0 Å². The molecule has 1 N–H and O–H groups in total. The largest absolute Gasteiger partial charge is 0.380 e. The monoisotopic (exact) mass is 317 g/mol. The molecular formula is C17H23N3O3. The number of morpholine rings is 1. The molecule has 1 saturated heterocycles. The molecule has 0 radical (unpaired) electrons. The third-order valence-corrected chi connectivity index (χ3v) is 4.29. The first-order valence-electron chi connectivity index (χ1n) is 8.03. The summed E-state index contributed by atoms with van der Waals surface area (Å²) in [5.41, 5.74) is 0.284. The number of aliphatic hydroxyl groups is 1. The van der Waals surface area contributed by atoms with E-state index in [0.717, 1.165) is 44.1 Å². The molecule has 6 nitrogen and oxygen atoms in total. The van der Waals surface area contributed by atoms with Crippen LogP contribution in [0.2, 0.25) is 0 Å². The van der Waals surface area contributed by atoms with Crippen LogP contribution in [0.15, 0.2) is 35.4 Å². The van der Waals surface area contributed by atoms with Gasteiger partial charge in [0.25, 0.3) is 5.91 Å². The average molecular weight is 317 g/mol. The molecule has 124 valence electrons. The van der Waals surface area contributed by atoms with E-state index in [1.165, 1.54) is 5.01 Å². The number of carbonyl (C=O) groups is 1. The Hall–Kier alpha value is -1.76. The molecular weight excluding hydrogens is 294 g/mol. The Balaban J connectivity index is 1.74. The maximum Gasteiger partial charge on any atom is 0.274 e. The zero-order valence-corrected chi connectivity index (χ0v) is 13.4. The molecule has 1 fully saturated rings. The lowest BCUT2D eigenvalue weighted by Crippen LogP contribution is -2.52. The summed E-state index contributed by atoms with van der Waals surface area (Å²) in [7, 11) is 0. The zero-order chi connectivity index (χ0) is 16.3.